The highest BCUT2D eigenvalue weighted by atomic mass is 127. The Morgan fingerprint density at radius 1 is 1.53 bits per heavy atom. The summed E-state index contributed by atoms with van der Waals surface area (Å²) in [6, 6.07) is 0.540. The van der Waals surface area contributed by atoms with Crippen molar-refractivity contribution in [3.63, 3.8) is 0 Å². The quantitative estimate of drug-likeness (QED) is 0.482. The second-order valence-corrected chi connectivity index (χ2v) is 4.00. The maximum absolute atomic E-state index is 10.9. The van der Waals surface area contributed by atoms with Gasteiger partial charge in [-0.25, -0.2) is 4.79 Å². The van der Waals surface area contributed by atoms with Crippen molar-refractivity contribution in [3.8, 4) is 0 Å². The van der Waals surface area contributed by atoms with E-state index in [2.05, 4.69) is 14.5 Å². The topological polar surface area (TPSA) is 47.6 Å². The largest absolute Gasteiger partial charge is 0.518 e. The zero-order valence-corrected chi connectivity index (χ0v) is 10.9. The molecule has 1 aliphatic carbocycles. The summed E-state index contributed by atoms with van der Waals surface area (Å²) in [5, 5.41) is 3.25. The lowest BCUT2D eigenvalue weighted by molar-refractivity contribution is 0.0832. The third-order valence-corrected chi connectivity index (χ3v) is 2.89. The average Bonchev–Trinajstić information content (AvgIpc) is 2.21. The summed E-state index contributed by atoms with van der Waals surface area (Å²) in [4.78, 5) is 10.9. The average molecular weight is 325 g/mol. The van der Waals surface area contributed by atoms with E-state index in [9.17, 15) is 4.79 Å². The van der Waals surface area contributed by atoms with Gasteiger partial charge in [0, 0.05) is 6.04 Å². The third-order valence-electron chi connectivity index (χ3n) is 2.53. The predicted octanol–water partition coefficient (Wildman–Crippen LogP) is 2.58. The molecule has 2 atom stereocenters. The highest BCUT2D eigenvalue weighted by Crippen LogP contribution is 2.15. The van der Waals surface area contributed by atoms with Crippen LogP contribution in [0.25, 0.3) is 0 Å². The molecule has 1 aliphatic rings. The smallest absolute Gasteiger partial charge is 0.426 e. The molecule has 1 N–H and O–H groups in total. The van der Waals surface area contributed by atoms with Gasteiger partial charge in [-0.3, -0.25) is 0 Å². The van der Waals surface area contributed by atoms with Crippen molar-refractivity contribution in [2.45, 2.75) is 37.8 Å². The van der Waals surface area contributed by atoms with E-state index in [0.29, 0.717) is 6.04 Å². The zero-order valence-electron chi connectivity index (χ0n) is 8.74. The summed E-state index contributed by atoms with van der Waals surface area (Å²) in [5.74, 6) is 0. The minimum Gasteiger partial charge on any atom is -0.426 e. The van der Waals surface area contributed by atoms with Crippen LogP contribution in [0, 0.1) is 0 Å². The number of halogens is 1. The number of hydrogen-bond donors (Lipinski definition) is 1. The van der Waals surface area contributed by atoms with Crippen LogP contribution in [0.1, 0.15) is 25.7 Å². The van der Waals surface area contributed by atoms with Crippen molar-refractivity contribution >= 4 is 29.2 Å². The molecule has 0 aromatic rings. The van der Waals surface area contributed by atoms with E-state index in [1.54, 1.807) is 0 Å². The van der Waals surface area contributed by atoms with E-state index in [0.717, 1.165) is 25.7 Å². The first-order valence-corrected chi connectivity index (χ1v) is 5.97. The van der Waals surface area contributed by atoms with Crippen molar-refractivity contribution in [2.75, 3.05) is 7.05 Å². The van der Waals surface area contributed by atoms with E-state index in [4.69, 9.17) is 4.74 Å². The molecular weight excluding hydrogens is 309 g/mol. The summed E-state index contributed by atoms with van der Waals surface area (Å²) in [7, 11) is 1.97. The molecule has 0 aromatic carbocycles. The second kappa shape index (κ2) is 7.05. The molecule has 0 saturated carbocycles. The van der Waals surface area contributed by atoms with Gasteiger partial charge in [0.15, 0.2) is 23.0 Å². The van der Waals surface area contributed by atoms with Crippen LogP contribution in [-0.2, 0) is 7.80 Å². The Bertz CT molecular complexity index is 233. The van der Waals surface area contributed by atoms with Gasteiger partial charge in [-0.05, 0) is 38.8 Å². The number of nitrogens with one attached hydrogen (secondary N) is 1. The van der Waals surface area contributed by atoms with Crippen LogP contribution in [-0.4, -0.2) is 25.3 Å². The van der Waals surface area contributed by atoms with Crippen molar-refractivity contribution < 1.29 is 12.6 Å². The highest BCUT2D eigenvalue weighted by molar-refractivity contribution is 14.1. The zero-order chi connectivity index (χ0) is 11.1. The van der Waals surface area contributed by atoms with Gasteiger partial charge in [0.05, 0.1) is 0 Å². The molecular formula is C10H16INO3. The fraction of sp³-hybridized carbons (Fsp3) is 0.700. The van der Waals surface area contributed by atoms with Gasteiger partial charge < -0.3 is 13.1 Å². The minimum atomic E-state index is -0.615. The molecule has 0 fully saturated rings. The van der Waals surface area contributed by atoms with Crippen molar-refractivity contribution in [1.29, 1.82) is 0 Å². The Balaban J connectivity index is 2.41. The lowest BCUT2D eigenvalue weighted by Gasteiger charge is -2.19. The molecule has 2 unspecified atom stereocenters. The SMILES string of the molecule is CNC1C/C=C/C(OC(=O)OI)CCC1. The fourth-order valence-electron chi connectivity index (χ4n) is 1.68. The molecule has 5 heteroatoms. The van der Waals surface area contributed by atoms with E-state index in [1.165, 1.54) is 23.0 Å². The van der Waals surface area contributed by atoms with Gasteiger partial charge in [-0.2, -0.15) is 0 Å². The van der Waals surface area contributed by atoms with Gasteiger partial charge in [-0.1, -0.05) is 6.08 Å². The Hall–Kier alpha value is -0.300. The Morgan fingerprint density at radius 3 is 3.00 bits per heavy atom. The summed E-state index contributed by atoms with van der Waals surface area (Å²) < 4.78 is 9.50. The van der Waals surface area contributed by atoms with Crippen LogP contribution in [0.3, 0.4) is 0 Å². The van der Waals surface area contributed by atoms with E-state index >= 15 is 0 Å². The van der Waals surface area contributed by atoms with Gasteiger partial charge in [0.1, 0.15) is 6.10 Å². The number of hydrogen-bond acceptors (Lipinski definition) is 4. The van der Waals surface area contributed by atoms with Gasteiger partial charge >= 0.3 is 6.16 Å². The normalized spacial score (nSPS) is 28.7. The number of carbonyl (C=O) groups is 1. The van der Waals surface area contributed by atoms with Crippen LogP contribution in [0.15, 0.2) is 12.2 Å². The molecule has 0 heterocycles. The maximum atomic E-state index is 10.9. The van der Waals surface area contributed by atoms with E-state index in [1.807, 2.05) is 13.1 Å². The first-order valence-electron chi connectivity index (χ1n) is 5.09. The monoisotopic (exact) mass is 325 g/mol. The molecule has 0 bridgehead atoms. The fourth-order valence-corrected chi connectivity index (χ4v) is 1.78. The summed E-state index contributed by atoms with van der Waals surface area (Å²) >= 11 is 1.53. The van der Waals surface area contributed by atoms with Crippen molar-refractivity contribution in [1.82, 2.24) is 5.32 Å². The molecule has 15 heavy (non-hydrogen) atoms. The predicted molar refractivity (Wildman–Crippen MR) is 65.8 cm³/mol. The van der Waals surface area contributed by atoms with E-state index < -0.39 is 6.16 Å². The summed E-state index contributed by atoms with van der Waals surface area (Å²) in [6.07, 6.45) is 7.26. The summed E-state index contributed by atoms with van der Waals surface area (Å²) in [5.41, 5.74) is 0. The molecule has 0 spiro atoms. The number of rotatable bonds is 2. The molecule has 0 amide bonds. The van der Waals surface area contributed by atoms with Gasteiger partial charge in [0.25, 0.3) is 0 Å². The molecule has 0 aromatic heterocycles. The van der Waals surface area contributed by atoms with Crippen LogP contribution in [0.5, 0.6) is 0 Å². The number of ether oxygens (including phenoxy) is 1. The first kappa shape index (κ1) is 12.8. The number of carbonyl (C=O) groups excluding carboxylic acids is 1. The van der Waals surface area contributed by atoms with Crippen LogP contribution in [0.4, 0.5) is 4.79 Å². The molecule has 0 aliphatic heterocycles. The van der Waals surface area contributed by atoms with E-state index in [-0.39, 0.29) is 6.10 Å². The Kier molecular flexibility index (Phi) is 6.00. The van der Waals surface area contributed by atoms with Crippen molar-refractivity contribution in [3.05, 3.63) is 12.2 Å². The van der Waals surface area contributed by atoms with Crippen molar-refractivity contribution in [2.24, 2.45) is 0 Å². The second-order valence-electron chi connectivity index (χ2n) is 3.56. The Morgan fingerprint density at radius 2 is 2.33 bits per heavy atom. The van der Waals surface area contributed by atoms with Gasteiger partial charge in [0.2, 0.25) is 0 Å². The molecule has 0 saturated heterocycles. The lowest BCUT2D eigenvalue weighted by atomic mass is 10.0. The molecule has 0 radical (unpaired) electrons. The first-order chi connectivity index (χ1) is 7.26. The van der Waals surface area contributed by atoms with Crippen LogP contribution >= 0.6 is 23.0 Å². The lowest BCUT2D eigenvalue weighted by Crippen LogP contribution is -2.26. The van der Waals surface area contributed by atoms with Crippen LogP contribution in [0.2, 0.25) is 0 Å². The van der Waals surface area contributed by atoms with Crippen LogP contribution < -0.4 is 5.32 Å². The maximum Gasteiger partial charge on any atom is 0.518 e. The standard InChI is InChI=1S/C10H16INO3/c1-12-8-4-2-6-9(7-3-5-8)14-10(13)15-11/h2,6,8-9,12H,3-5,7H2,1H3/b6-2+. The third kappa shape index (κ3) is 4.83. The minimum absolute atomic E-state index is 0.134. The molecule has 4 nitrogen and oxygen atoms in total. The molecule has 1 rings (SSSR count). The Labute approximate surface area is 104 Å². The summed E-state index contributed by atoms with van der Waals surface area (Å²) in [6.45, 7) is 0. The molecule has 86 valence electrons. The highest BCUT2D eigenvalue weighted by Gasteiger charge is 2.15. The van der Waals surface area contributed by atoms with Gasteiger partial charge in [-0.15, -0.1) is 0 Å².